The third-order valence-electron chi connectivity index (χ3n) is 3.81. The van der Waals surface area contributed by atoms with E-state index in [9.17, 15) is 13.2 Å². The maximum atomic E-state index is 12.1. The molecule has 0 radical (unpaired) electrons. The molecular formula is C16H24N2O4S. The number of carbonyl (C=O) groups excluding carboxylic acids is 1. The predicted octanol–water partition coefficient (Wildman–Crippen LogP) is 1.66. The molecule has 6 nitrogen and oxygen atoms in total. The molecule has 7 heteroatoms. The molecule has 1 aromatic rings. The van der Waals surface area contributed by atoms with Crippen LogP contribution in [0.1, 0.15) is 19.4 Å². The first kappa shape index (κ1) is 17.6. The lowest BCUT2D eigenvalue weighted by molar-refractivity contribution is 0.168. The van der Waals surface area contributed by atoms with Crippen LogP contribution in [-0.2, 0) is 16.4 Å². The first-order valence-electron chi connectivity index (χ1n) is 7.69. The summed E-state index contributed by atoms with van der Waals surface area (Å²) in [5.74, 6) is 1.05. The first-order chi connectivity index (χ1) is 10.8. The van der Waals surface area contributed by atoms with Gasteiger partial charge < -0.3 is 15.0 Å². The van der Waals surface area contributed by atoms with Crippen molar-refractivity contribution in [2.45, 2.75) is 25.6 Å². The van der Waals surface area contributed by atoms with E-state index in [-0.39, 0.29) is 30.8 Å². The van der Waals surface area contributed by atoms with Crippen LogP contribution >= 0.6 is 0 Å². The molecule has 1 aromatic carbocycles. The fourth-order valence-corrected chi connectivity index (χ4v) is 4.48. The lowest BCUT2D eigenvalue weighted by atomic mass is 10.2. The summed E-state index contributed by atoms with van der Waals surface area (Å²) in [7, 11) is -1.50. The van der Waals surface area contributed by atoms with Gasteiger partial charge in [-0.2, -0.15) is 0 Å². The largest absolute Gasteiger partial charge is 0.497 e. The number of urea groups is 1. The van der Waals surface area contributed by atoms with E-state index in [1.54, 1.807) is 7.11 Å². The van der Waals surface area contributed by atoms with Crippen LogP contribution in [0.15, 0.2) is 24.3 Å². The molecule has 23 heavy (non-hydrogen) atoms. The highest BCUT2D eigenvalue weighted by Gasteiger charge is 2.39. The van der Waals surface area contributed by atoms with Crippen LogP contribution in [0.4, 0.5) is 4.79 Å². The van der Waals surface area contributed by atoms with Gasteiger partial charge in [0, 0.05) is 19.6 Å². The Morgan fingerprint density at radius 2 is 1.91 bits per heavy atom. The van der Waals surface area contributed by atoms with E-state index in [1.165, 1.54) is 4.90 Å². The number of methoxy groups -OCH3 is 1. The molecule has 0 bridgehead atoms. The fourth-order valence-electron chi connectivity index (χ4n) is 2.46. The van der Waals surface area contributed by atoms with Crippen molar-refractivity contribution in [3.05, 3.63) is 29.8 Å². The van der Waals surface area contributed by atoms with Gasteiger partial charge in [0.2, 0.25) is 0 Å². The minimum absolute atomic E-state index is 0.109. The number of nitrogens with zero attached hydrogens (tertiary/aromatic N) is 1. The third kappa shape index (κ3) is 4.60. The highest BCUT2D eigenvalue weighted by atomic mass is 32.2. The fraction of sp³-hybridized carbons (Fsp3) is 0.562. The summed E-state index contributed by atoms with van der Waals surface area (Å²) >= 11 is 0. The summed E-state index contributed by atoms with van der Waals surface area (Å²) < 4.78 is 29.2. The van der Waals surface area contributed by atoms with Crippen molar-refractivity contribution in [3.8, 4) is 5.75 Å². The van der Waals surface area contributed by atoms with E-state index in [2.05, 4.69) is 5.32 Å². The second-order valence-electron chi connectivity index (χ2n) is 6.26. The van der Waals surface area contributed by atoms with Gasteiger partial charge >= 0.3 is 6.03 Å². The average Bonchev–Trinajstić information content (AvgIpc) is 2.42. The van der Waals surface area contributed by atoms with Gasteiger partial charge in [-0.15, -0.1) is 0 Å². The molecule has 0 aliphatic carbocycles. The number of hydrogen-bond donors (Lipinski definition) is 1. The number of amides is 2. The number of ether oxygens (including phenoxy) is 1. The highest BCUT2D eigenvalue weighted by Crippen LogP contribution is 2.19. The van der Waals surface area contributed by atoms with E-state index in [1.807, 2.05) is 38.1 Å². The number of nitrogens with one attached hydrogen (secondary N) is 1. The Balaban J connectivity index is 1.78. The van der Waals surface area contributed by atoms with Crippen molar-refractivity contribution in [3.63, 3.8) is 0 Å². The quantitative estimate of drug-likeness (QED) is 0.854. The Bertz CT molecular complexity index is 635. The molecule has 0 atom stereocenters. The summed E-state index contributed by atoms with van der Waals surface area (Å²) in [6.45, 7) is 4.74. The normalized spacial score (nSPS) is 15.4. The van der Waals surface area contributed by atoms with E-state index in [0.29, 0.717) is 6.54 Å². The van der Waals surface area contributed by atoms with Gasteiger partial charge in [0.25, 0.3) is 0 Å². The Labute approximate surface area is 137 Å². The highest BCUT2D eigenvalue weighted by molar-refractivity contribution is 7.92. The van der Waals surface area contributed by atoms with Crippen LogP contribution in [0.5, 0.6) is 5.75 Å². The lowest BCUT2D eigenvalue weighted by Crippen LogP contribution is -2.59. The van der Waals surface area contributed by atoms with Gasteiger partial charge in [-0.05, 0) is 23.6 Å². The summed E-state index contributed by atoms with van der Waals surface area (Å²) in [5, 5.41) is 2.38. The van der Waals surface area contributed by atoms with E-state index >= 15 is 0 Å². The number of benzene rings is 1. The van der Waals surface area contributed by atoms with Gasteiger partial charge in [0.1, 0.15) is 5.75 Å². The molecule has 1 aliphatic heterocycles. The SMILES string of the molecule is COc1ccc(CNC(=O)N2CC(S(=O)(=O)CC(C)C)C2)cc1. The molecule has 1 fully saturated rings. The van der Waals surface area contributed by atoms with Gasteiger partial charge in [-0.1, -0.05) is 26.0 Å². The first-order valence-corrected chi connectivity index (χ1v) is 9.40. The summed E-state index contributed by atoms with van der Waals surface area (Å²) in [6.07, 6.45) is 0. The van der Waals surface area contributed by atoms with Crippen LogP contribution in [0.3, 0.4) is 0 Å². The van der Waals surface area contributed by atoms with Crippen molar-refractivity contribution in [1.29, 1.82) is 0 Å². The molecule has 2 rings (SSSR count). The van der Waals surface area contributed by atoms with Gasteiger partial charge in [0.05, 0.1) is 18.1 Å². The Kier molecular flexibility index (Phi) is 5.51. The molecule has 0 unspecified atom stereocenters. The number of carbonyl (C=O) groups is 1. The van der Waals surface area contributed by atoms with Crippen LogP contribution in [0, 0.1) is 5.92 Å². The zero-order valence-corrected chi connectivity index (χ0v) is 14.6. The van der Waals surface area contributed by atoms with Crippen molar-refractivity contribution < 1.29 is 17.9 Å². The molecule has 1 N–H and O–H groups in total. The molecule has 1 aliphatic rings. The monoisotopic (exact) mass is 340 g/mol. The van der Waals surface area contributed by atoms with Gasteiger partial charge in [-0.3, -0.25) is 0 Å². The second-order valence-corrected chi connectivity index (χ2v) is 8.58. The lowest BCUT2D eigenvalue weighted by Gasteiger charge is -2.38. The van der Waals surface area contributed by atoms with Crippen molar-refractivity contribution in [2.75, 3.05) is 26.0 Å². The smallest absolute Gasteiger partial charge is 0.317 e. The van der Waals surface area contributed by atoms with Crippen molar-refractivity contribution in [2.24, 2.45) is 5.92 Å². The van der Waals surface area contributed by atoms with Gasteiger partial charge in [0.15, 0.2) is 9.84 Å². The summed E-state index contributed by atoms with van der Waals surface area (Å²) in [5.41, 5.74) is 0.962. The molecular weight excluding hydrogens is 316 g/mol. The van der Waals surface area contributed by atoms with Crippen LogP contribution < -0.4 is 10.1 Å². The van der Waals surface area contributed by atoms with Crippen molar-refractivity contribution >= 4 is 15.9 Å². The van der Waals surface area contributed by atoms with Crippen LogP contribution in [-0.4, -0.2) is 50.6 Å². The molecule has 1 heterocycles. The molecule has 0 aromatic heterocycles. The molecule has 0 spiro atoms. The number of rotatable bonds is 6. The van der Waals surface area contributed by atoms with E-state index < -0.39 is 15.1 Å². The average molecular weight is 340 g/mol. The maximum absolute atomic E-state index is 12.1. The van der Waals surface area contributed by atoms with Crippen LogP contribution in [0.2, 0.25) is 0 Å². The second kappa shape index (κ2) is 7.21. The summed E-state index contributed by atoms with van der Waals surface area (Å²) in [4.78, 5) is 13.5. The van der Waals surface area contributed by atoms with Crippen LogP contribution in [0.25, 0.3) is 0 Å². The number of sulfone groups is 1. The number of hydrogen-bond acceptors (Lipinski definition) is 4. The number of likely N-dealkylation sites (tertiary alicyclic amines) is 1. The molecule has 0 saturated carbocycles. The minimum atomic E-state index is -3.10. The Morgan fingerprint density at radius 3 is 2.43 bits per heavy atom. The predicted molar refractivity (Wildman–Crippen MR) is 89.2 cm³/mol. The van der Waals surface area contributed by atoms with E-state index in [4.69, 9.17) is 4.74 Å². The van der Waals surface area contributed by atoms with Crippen molar-refractivity contribution in [1.82, 2.24) is 10.2 Å². The standard InChI is InChI=1S/C16H24N2O4S/c1-12(2)11-23(20,21)15-9-18(10-15)16(19)17-8-13-4-6-14(22-3)7-5-13/h4-7,12,15H,8-11H2,1-3H3,(H,17,19). The Morgan fingerprint density at radius 1 is 1.30 bits per heavy atom. The maximum Gasteiger partial charge on any atom is 0.317 e. The van der Waals surface area contributed by atoms with E-state index in [0.717, 1.165) is 11.3 Å². The minimum Gasteiger partial charge on any atom is -0.497 e. The Hall–Kier alpha value is -1.76. The molecule has 1 saturated heterocycles. The molecule has 2 amide bonds. The third-order valence-corrected chi connectivity index (χ3v) is 6.26. The van der Waals surface area contributed by atoms with Gasteiger partial charge in [-0.25, -0.2) is 13.2 Å². The zero-order chi connectivity index (χ0) is 17.0. The zero-order valence-electron chi connectivity index (χ0n) is 13.8. The topological polar surface area (TPSA) is 75.7 Å². The summed E-state index contributed by atoms with van der Waals surface area (Å²) in [6, 6.07) is 7.20. The molecule has 128 valence electrons.